The largest absolute Gasteiger partial charge is 0.491 e. The minimum absolute atomic E-state index is 0.0804. The van der Waals surface area contributed by atoms with E-state index in [-0.39, 0.29) is 18.1 Å². The maximum absolute atomic E-state index is 12.6. The van der Waals surface area contributed by atoms with Crippen LogP contribution in [0.1, 0.15) is 18.1 Å². The van der Waals surface area contributed by atoms with Crippen LogP contribution in [-0.4, -0.2) is 47.0 Å². The molecular weight excluding hydrogens is 461 g/mol. The number of carboxylic acid groups (broad SMARTS) is 1. The van der Waals surface area contributed by atoms with Gasteiger partial charge in [0.1, 0.15) is 24.2 Å². The van der Waals surface area contributed by atoms with E-state index in [0.29, 0.717) is 22.8 Å². The van der Waals surface area contributed by atoms with Crippen molar-refractivity contribution >= 4 is 16.8 Å². The molecule has 0 saturated heterocycles. The Morgan fingerprint density at radius 1 is 1.15 bits per heavy atom. The molecule has 0 heterocycles. The Labute approximate surface area is 192 Å². The molecule has 2 aromatic rings. The maximum Gasteiger partial charge on any atom is 0.416 e. The van der Waals surface area contributed by atoms with Crippen molar-refractivity contribution in [3.63, 3.8) is 0 Å². The zero-order chi connectivity index (χ0) is 24.4. The molecule has 10 heteroatoms. The molecule has 33 heavy (non-hydrogen) atoms. The molecule has 0 aliphatic carbocycles. The summed E-state index contributed by atoms with van der Waals surface area (Å²) in [5.74, 6) is -0.187. The Hall–Kier alpha value is -2.85. The summed E-state index contributed by atoms with van der Waals surface area (Å²) in [6.07, 6.45) is -1.49. The van der Waals surface area contributed by atoms with E-state index in [2.05, 4.69) is 0 Å². The van der Waals surface area contributed by atoms with Crippen LogP contribution >= 0.6 is 0 Å². The molecule has 0 fully saturated rings. The first-order valence-corrected chi connectivity index (χ1v) is 11.3. The van der Waals surface area contributed by atoms with Crippen LogP contribution in [0.5, 0.6) is 11.5 Å². The molecule has 0 aromatic heterocycles. The molecule has 2 aromatic carbocycles. The normalized spacial score (nSPS) is 13.6. The quantitative estimate of drug-likeness (QED) is 0.441. The summed E-state index contributed by atoms with van der Waals surface area (Å²) in [7, 11) is -1.35. The smallest absolute Gasteiger partial charge is 0.416 e. The number of benzene rings is 2. The first-order valence-electron chi connectivity index (χ1n) is 10.0. The monoisotopic (exact) mass is 486 g/mol. The van der Waals surface area contributed by atoms with Crippen LogP contribution in [0.2, 0.25) is 0 Å². The van der Waals surface area contributed by atoms with Crippen molar-refractivity contribution in [1.82, 2.24) is 0 Å². The van der Waals surface area contributed by atoms with Crippen molar-refractivity contribution in [1.29, 1.82) is 0 Å². The fourth-order valence-electron chi connectivity index (χ4n) is 2.75. The van der Waals surface area contributed by atoms with Crippen molar-refractivity contribution < 1.29 is 41.5 Å². The molecular formula is C23H25F3O6S. The number of ether oxygens (including phenoxy) is 3. The van der Waals surface area contributed by atoms with Crippen LogP contribution in [0.25, 0.3) is 0 Å². The van der Waals surface area contributed by atoms with Gasteiger partial charge in [0.05, 0.1) is 16.4 Å². The standard InChI is InChI=1S/C23H25F3O6S/c1-3-30-19(14-31-18-8-6-17(7-9-18)23(24,25)26)5-4-12-33(29)20-10-11-21(16(2)13-20)32-15-22(27)28/h4-11,13,19H,3,12,14-15H2,1-2H3,(H,27,28)/t19-,33?/m0/s1. The number of hydrogen-bond donors (Lipinski definition) is 1. The average molecular weight is 487 g/mol. The second kappa shape index (κ2) is 12.4. The van der Waals surface area contributed by atoms with E-state index in [1.165, 1.54) is 12.1 Å². The molecule has 0 spiro atoms. The van der Waals surface area contributed by atoms with E-state index in [0.717, 1.165) is 12.1 Å². The molecule has 1 unspecified atom stereocenters. The Morgan fingerprint density at radius 2 is 1.85 bits per heavy atom. The van der Waals surface area contributed by atoms with Crippen molar-refractivity contribution in [3.8, 4) is 11.5 Å². The number of carbonyl (C=O) groups is 1. The highest BCUT2D eigenvalue weighted by Crippen LogP contribution is 2.30. The number of halogens is 3. The van der Waals surface area contributed by atoms with Gasteiger partial charge in [-0.25, -0.2) is 4.79 Å². The summed E-state index contributed by atoms with van der Waals surface area (Å²) in [6.45, 7) is 3.55. The molecule has 0 saturated carbocycles. The highest BCUT2D eigenvalue weighted by atomic mass is 32.2. The molecule has 2 atom stereocenters. The van der Waals surface area contributed by atoms with Crippen molar-refractivity contribution in [2.75, 3.05) is 25.6 Å². The van der Waals surface area contributed by atoms with E-state index in [1.54, 1.807) is 44.2 Å². The van der Waals surface area contributed by atoms with Crippen LogP contribution in [0.4, 0.5) is 13.2 Å². The SMILES string of the molecule is CCO[C@@H](C=CCS(=O)c1ccc(OCC(=O)O)c(C)c1)COc1ccc(C(F)(F)F)cc1. The Balaban J connectivity index is 1.91. The summed E-state index contributed by atoms with van der Waals surface area (Å²) in [6, 6.07) is 9.26. The summed E-state index contributed by atoms with van der Waals surface area (Å²) in [4.78, 5) is 11.2. The number of aryl methyl sites for hydroxylation is 1. The van der Waals surface area contributed by atoms with Crippen LogP contribution in [-0.2, 0) is 26.5 Å². The average Bonchev–Trinajstić information content (AvgIpc) is 2.76. The minimum Gasteiger partial charge on any atom is -0.491 e. The summed E-state index contributed by atoms with van der Waals surface area (Å²) in [5.41, 5.74) is -0.0847. The summed E-state index contributed by atoms with van der Waals surface area (Å²) in [5, 5.41) is 8.69. The molecule has 1 N–H and O–H groups in total. The lowest BCUT2D eigenvalue weighted by Gasteiger charge is -2.15. The van der Waals surface area contributed by atoms with E-state index in [1.807, 2.05) is 0 Å². The third-order valence-corrected chi connectivity index (χ3v) is 5.61. The molecule has 0 aliphatic rings. The molecule has 6 nitrogen and oxygen atoms in total. The van der Waals surface area contributed by atoms with Gasteiger partial charge >= 0.3 is 12.1 Å². The van der Waals surface area contributed by atoms with Gasteiger partial charge in [-0.2, -0.15) is 13.2 Å². The Bertz CT molecular complexity index is 973. The van der Waals surface area contributed by atoms with Gasteiger partial charge in [0.15, 0.2) is 6.61 Å². The van der Waals surface area contributed by atoms with Crippen LogP contribution in [0, 0.1) is 6.92 Å². The van der Waals surface area contributed by atoms with Gasteiger partial charge in [0.25, 0.3) is 0 Å². The Kier molecular flexibility index (Phi) is 9.93. The predicted molar refractivity (Wildman–Crippen MR) is 117 cm³/mol. The van der Waals surface area contributed by atoms with E-state index in [4.69, 9.17) is 19.3 Å². The lowest BCUT2D eigenvalue weighted by molar-refractivity contribution is -0.139. The van der Waals surface area contributed by atoms with Crippen LogP contribution < -0.4 is 9.47 Å². The molecule has 0 amide bonds. The summed E-state index contributed by atoms with van der Waals surface area (Å²) < 4.78 is 66.7. The summed E-state index contributed by atoms with van der Waals surface area (Å²) >= 11 is 0. The number of carboxylic acids is 1. The number of rotatable bonds is 12. The first-order chi connectivity index (χ1) is 15.6. The lowest BCUT2D eigenvalue weighted by Crippen LogP contribution is -2.19. The highest BCUT2D eigenvalue weighted by molar-refractivity contribution is 7.85. The van der Waals surface area contributed by atoms with Crippen LogP contribution in [0.15, 0.2) is 59.5 Å². The van der Waals surface area contributed by atoms with Gasteiger partial charge in [0, 0.05) is 17.3 Å². The molecule has 0 radical (unpaired) electrons. The van der Waals surface area contributed by atoms with Crippen molar-refractivity contribution in [2.45, 2.75) is 31.0 Å². The van der Waals surface area contributed by atoms with Crippen LogP contribution in [0.3, 0.4) is 0 Å². The number of hydrogen-bond acceptors (Lipinski definition) is 5. The van der Waals surface area contributed by atoms with Crippen molar-refractivity contribution in [2.24, 2.45) is 0 Å². The molecule has 0 aliphatic heterocycles. The van der Waals surface area contributed by atoms with E-state index >= 15 is 0 Å². The lowest BCUT2D eigenvalue weighted by atomic mass is 10.2. The Morgan fingerprint density at radius 3 is 2.42 bits per heavy atom. The second-order valence-corrected chi connectivity index (χ2v) is 8.37. The predicted octanol–water partition coefficient (Wildman–Crippen LogP) is 4.63. The third-order valence-electron chi connectivity index (χ3n) is 4.34. The van der Waals surface area contributed by atoms with Gasteiger partial charge in [-0.15, -0.1) is 0 Å². The highest BCUT2D eigenvalue weighted by Gasteiger charge is 2.30. The topological polar surface area (TPSA) is 82.1 Å². The van der Waals surface area contributed by atoms with Gasteiger partial charge in [-0.1, -0.05) is 12.2 Å². The maximum atomic E-state index is 12.6. The zero-order valence-corrected chi connectivity index (χ0v) is 18.9. The van der Waals surface area contributed by atoms with Gasteiger partial charge in [-0.05, 0) is 61.9 Å². The minimum atomic E-state index is -4.41. The second-order valence-electron chi connectivity index (χ2n) is 6.88. The molecule has 2 rings (SSSR count). The number of aliphatic carboxylic acids is 1. The number of alkyl halides is 3. The van der Waals surface area contributed by atoms with Gasteiger partial charge in [-0.3, -0.25) is 4.21 Å². The fourth-order valence-corrected chi connectivity index (χ4v) is 3.75. The first kappa shape index (κ1) is 26.4. The molecule has 0 bridgehead atoms. The van der Waals surface area contributed by atoms with E-state index < -0.39 is 41.2 Å². The third kappa shape index (κ3) is 8.89. The molecule has 180 valence electrons. The van der Waals surface area contributed by atoms with Gasteiger partial charge in [0.2, 0.25) is 0 Å². The van der Waals surface area contributed by atoms with Crippen molar-refractivity contribution in [3.05, 3.63) is 65.7 Å². The van der Waals surface area contributed by atoms with E-state index in [9.17, 15) is 22.2 Å². The zero-order valence-electron chi connectivity index (χ0n) is 18.1. The van der Waals surface area contributed by atoms with Gasteiger partial charge < -0.3 is 19.3 Å². The fraction of sp³-hybridized carbons (Fsp3) is 0.348.